The molecular weight excluding hydrogens is 326 g/mol. The Balaban J connectivity index is 0.00000289. The number of rotatable bonds is 5. The molecule has 7 heteroatoms. The van der Waals surface area contributed by atoms with Crippen molar-refractivity contribution in [2.45, 2.75) is 12.6 Å². The molecule has 0 heterocycles. The van der Waals surface area contributed by atoms with Gasteiger partial charge in [-0.3, -0.25) is 4.79 Å². The molecule has 0 spiro atoms. The molecule has 0 bridgehead atoms. The van der Waals surface area contributed by atoms with Gasteiger partial charge in [-0.05, 0) is 33.6 Å². The van der Waals surface area contributed by atoms with Gasteiger partial charge in [0.05, 0.1) is 11.1 Å². The fourth-order valence-electron chi connectivity index (χ4n) is 1.23. The van der Waals surface area contributed by atoms with Crippen LogP contribution in [0.1, 0.15) is 5.56 Å². The van der Waals surface area contributed by atoms with Gasteiger partial charge in [0.15, 0.2) is 0 Å². The van der Waals surface area contributed by atoms with Crippen LogP contribution in [0.25, 0.3) is 0 Å². The van der Waals surface area contributed by atoms with E-state index in [4.69, 9.17) is 10.5 Å². The second-order valence-electron chi connectivity index (χ2n) is 3.53. The highest BCUT2D eigenvalue weighted by molar-refractivity contribution is 9.10. The van der Waals surface area contributed by atoms with Crippen molar-refractivity contribution in [2.24, 2.45) is 5.73 Å². The summed E-state index contributed by atoms with van der Waals surface area (Å²) in [6.45, 7) is 0.390. The fourth-order valence-corrected chi connectivity index (χ4v) is 1.47. The lowest BCUT2D eigenvalue weighted by molar-refractivity contribution is -0.123. The minimum absolute atomic E-state index is 0. The molecule has 0 radical (unpaired) electrons. The summed E-state index contributed by atoms with van der Waals surface area (Å²) in [5.74, 6) is -0.687. The van der Waals surface area contributed by atoms with Gasteiger partial charge in [0, 0.05) is 13.7 Å². The summed E-state index contributed by atoms with van der Waals surface area (Å²) >= 11 is 3.05. The number of hydrogen-bond donors (Lipinski definition) is 2. The number of ether oxygens (including phenoxy) is 1. The van der Waals surface area contributed by atoms with Crippen molar-refractivity contribution in [2.75, 3.05) is 13.7 Å². The molecule has 0 aliphatic carbocycles. The predicted molar refractivity (Wildman–Crippen MR) is 73.0 cm³/mol. The molecule has 1 aromatic carbocycles. The maximum absolute atomic E-state index is 13.2. The molecule has 0 aromatic heterocycles. The van der Waals surface area contributed by atoms with Crippen LogP contribution in [0.5, 0.6) is 0 Å². The molecule has 1 atom stereocenters. The molecule has 0 aliphatic heterocycles. The minimum atomic E-state index is -0.708. The average molecular weight is 342 g/mol. The third-order valence-corrected chi connectivity index (χ3v) is 2.78. The Bertz CT molecular complexity index is 407. The fraction of sp³-hybridized carbons (Fsp3) is 0.364. The lowest BCUT2D eigenvalue weighted by atomic mass is 10.2. The first-order valence-corrected chi connectivity index (χ1v) is 5.80. The van der Waals surface area contributed by atoms with Crippen molar-refractivity contribution < 1.29 is 13.9 Å². The molecule has 3 N–H and O–H groups in total. The van der Waals surface area contributed by atoms with Gasteiger partial charge in [-0.1, -0.05) is 6.07 Å². The second-order valence-corrected chi connectivity index (χ2v) is 4.38. The van der Waals surface area contributed by atoms with E-state index in [0.717, 1.165) is 0 Å². The summed E-state index contributed by atoms with van der Waals surface area (Å²) in [5, 5.41) is 2.60. The first kappa shape index (κ1) is 17.3. The van der Waals surface area contributed by atoms with Gasteiger partial charge in [0.1, 0.15) is 11.9 Å². The highest BCUT2D eigenvalue weighted by Crippen LogP contribution is 2.16. The van der Waals surface area contributed by atoms with Crippen molar-refractivity contribution in [3.05, 3.63) is 34.1 Å². The van der Waals surface area contributed by atoms with Crippen molar-refractivity contribution in [1.29, 1.82) is 0 Å². The first-order valence-electron chi connectivity index (χ1n) is 5.00. The van der Waals surface area contributed by atoms with E-state index in [1.54, 1.807) is 12.1 Å². The zero-order chi connectivity index (χ0) is 12.8. The van der Waals surface area contributed by atoms with E-state index in [2.05, 4.69) is 21.2 Å². The Labute approximate surface area is 120 Å². The van der Waals surface area contributed by atoms with Gasteiger partial charge in [-0.2, -0.15) is 0 Å². The number of nitrogens with one attached hydrogen (secondary N) is 1. The lowest BCUT2D eigenvalue weighted by Gasteiger charge is -2.11. The zero-order valence-corrected chi connectivity index (χ0v) is 12.2. The molecular formula is C11H15BrClFN2O2. The lowest BCUT2D eigenvalue weighted by Crippen LogP contribution is -2.43. The van der Waals surface area contributed by atoms with Crippen LogP contribution in [-0.4, -0.2) is 25.7 Å². The standard InChI is InChI=1S/C11H14BrFN2O2.ClH/c1-17-6-10(14)11(16)15-5-7-2-3-8(12)9(13)4-7;/h2-4,10H,5-6,14H2,1H3,(H,15,16);1H. The number of carbonyl (C=O) groups is 1. The van der Waals surface area contributed by atoms with Crippen LogP contribution in [0.15, 0.2) is 22.7 Å². The predicted octanol–water partition coefficient (Wildman–Crippen LogP) is 1.60. The number of hydrogen-bond acceptors (Lipinski definition) is 3. The first-order chi connectivity index (χ1) is 8.04. The van der Waals surface area contributed by atoms with E-state index >= 15 is 0 Å². The highest BCUT2D eigenvalue weighted by Gasteiger charge is 2.12. The van der Waals surface area contributed by atoms with E-state index in [0.29, 0.717) is 10.0 Å². The summed E-state index contributed by atoms with van der Waals surface area (Å²) in [6, 6.07) is 3.95. The molecule has 4 nitrogen and oxygen atoms in total. The third-order valence-electron chi connectivity index (χ3n) is 2.13. The summed E-state index contributed by atoms with van der Waals surface area (Å²) < 4.78 is 18.3. The van der Waals surface area contributed by atoms with E-state index in [9.17, 15) is 9.18 Å². The largest absolute Gasteiger partial charge is 0.383 e. The van der Waals surface area contributed by atoms with Gasteiger partial charge in [-0.15, -0.1) is 12.4 Å². The minimum Gasteiger partial charge on any atom is -0.383 e. The average Bonchev–Trinajstić information content (AvgIpc) is 2.30. The van der Waals surface area contributed by atoms with Crippen molar-refractivity contribution >= 4 is 34.2 Å². The number of carbonyl (C=O) groups excluding carboxylic acids is 1. The van der Waals surface area contributed by atoms with Crippen LogP contribution < -0.4 is 11.1 Å². The van der Waals surface area contributed by atoms with Gasteiger partial charge >= 0.3 is 0 Å². The van der Waals surface area contributed by atoms with Crippen LogP contribution >= 0.6 is 28.3 Å². The topological polar surface area (TPSA) is 64.3 Å². The Hall–Kier alpha value is -0.690. The van der Waals surface area contributed by atoms with Crippen molar-refractivity contribution in [3.8, 4) is 0 Å². The Morgan fingerprint density at radius 2 is 2.28 bits per heavy atom. The van der Waals surface area contributed by atoms with E-state index in [1.165, 1.54) is 13.2 Å². The Morgan fingerprint density at radius 3 is 2.83 bits per heavy atom. The summed E-state index contributed by atoms with van der Waals surface area (Å²) in [7, 11) is 1.47. The van der Waals surface area contributed by atoms with Crippen LogP contribution in [0.2, 0.25) is 0 Å². The van der Waals surface area contributed by atoms with Crippen molar-refractivity contribution in [3.63, 3.8) is 0 Å². The van der Waals surface area contributed by atoms with Crippen LogP contribution in [0, 0.1) is 5.82 Å². The van der Waals surface area contributed by atoms with Gasteiger partial charge in [-0.25, -0.2) is 4.39 Å². The smallest absolute Gasteiger partial charge is 0.239 e. The van der Waals surface area contributed by atoms with Gasteiger partial charge in [0.2, 0.25) is 5.91 Å². The molecule has 0 aliphatic rings. The van der Waals surface area contributed by atoms with Crippen LogP contribution in [-0.2, 0) is 16.1 Å². The monoisotopic (exact) mass is 340 g/mol. The quantitative estimate of drug-likeness (QED) is 0.855. The van der Waals surface area contributed by atoms with Gasteiger partial charge in [0.25, 0.3) is 0 Å². The number of methoxy groups -OCH3 is 1. The molecule has 0 fully saturated rings. The van der Waals surface area contributed by atoms with Gasteiger partial charge < -0.3 is 15.8 Å². The van der Waals surface area contributed by atoms with Crippen LogP contribution in [0.3, 0.4) is 0 Å². The number of halogens is 3. The van der Waals surface area contributed by atoms with E-state index in [-0.39, 0.29) is 37.3 Å². The maximum atomic E-state index is 13.2. The molecule has 18 heavy (non-hydrogen) atoms. The third kappa shape index (κ3) is 5.30. The summed E-state index contributed by atoms with van der Waals surface area (Å²) in [4.78, 5) is 11.4. The second kappa shape index (κ2) is 8.42. The number of nitrogens with two attached hydrogens (primary N) is 1. The molecule has 0 saturated heterocycles. The Kier molecular flexibility index (Phi) is 8.10. The van der Waals surface area contributed by atoms with Crippen molar-refractivity contribution in [1.82, 2.24) is 5.32 Å². The number of benzene rings is 1. The Morgan fingerprint density at radius 1 is 1.61 bits per heavy atom. The zero-order valence-electron chi connectivity index (χ0n) is 9.78. The molecule has 1 rings (SSSR count). The molecule has 1 aromatic rings. The molecule has 102 valence electrons. The van der Waals surface area contributed by atoms with E-state index in [1.807, 2.05) is 0 Å². The molecule has 1 unspecified atom stereocenters. The molecule has 1 amide bonds. The summed E-state index contributed by atoms with van der Waals surface area (Å²) in [6.07, 6.45) is 0. The SMILES string of the molecule is COCC(N)C(=O)NCc1ccc(Br)c(F)c1.Cl. The maximum Gasteiger partial charge on any atom is 0.239 e. The number of amides is 1. The normalized spacial score (nSPS) is 11.6. The summed E-state index contributed by atoms with van der Waals surface area (Å²) in [5.41, 5.74) is 6.20. The van der Waals surface area contributed by atoms with E-state index < -0.39 is 6.04 Å². The van der Waals surface area contributed by atoms with Crippen LogP contribution in [0.4, 0.5) is 4.39 Å². The molecule has 0 saturated carbocycles. The highest BCUT2D eigenvalue weighted by atomic mass is 79.9.